The van der Waals surface area contributed by atoms with Gasteiger partial charge in [-0.3, -0.25) is 0 Å². The van der Waals surface area contributed by atoms with Gasteiger partial charge in [0.2, 0.25) is 0 Å². The van der Waals surface area contributed by atoms with E-state index in [0.29, 0.717) is 12.0 Å². The average Bonchev–Trinajstić information content (AvgIpc) is 2.72. The molecule has 0 bridgehead atoms. The second-order valence-electron chi connectivity index (χ2n) is 5.20. The zero-order chi connectivity index (χ0) is 12.3. The highest BCUT2D eigenvalue weighted by atomic mass is 79.9. The minimum Gasteiger partial charge on any atom is -0.466 e. The molecule has 2 rings (SSSR count). The molecule has 2 nitrogen and oxygen atoms in total. The normalized spacial score (nSPS) is 27.0. The van der Waals surface area contributed by atoms with Gasteiger partial charge in [0.25, 0.3) is 0 Å². The van der Waals surface area contributed by atoms with Gasteiger partial charge >= 0.3 is 0 Å². The number of halogens is 1. The molecule has 3 heteroatoms. The first-order chi connectivity index (χ1) is 8.22. The Morgan fingerprint density at radius 1 is 1.53 bits per heavy atom. The molecule has 3 unspecified atom stereocenters. The number of hydrogen-bond donors (Lipinski definition) is 1. The number of rotatable bonds is 4. The van der Waals surface area contributed by atoms with E-state index in [9.17, 15) is 0 Å². The molecule has 1 aromatic heterocycles. The Bertz CT molecular complexity index is 350. The maximum absolute atomic E-state index is 5.66. The van der Waals surface area contributed by atoms with Crippen molar-refractivity contribution in [3.63, 3.8) is 0 Å². The van der Waals surface area contributed by atoms with Gasteiger partial charge in [0, 0.05) is 0 Å². The van der Waals surface area contributed by atoms with E-state index in [1.54, 1.807) is 6.26 Å². The van der Waals surface area contributed by atoms with Crippen LogP contribution in [0.25, 0.3) is 0 Å². The van der Waals surface area contributed by atoms with Crippen molar-refractivity contribution >= 4 is 15.9 Å². The van der Waals surface area contributed by atoms with E-state index in [0.717, 1.165) is 22.7 Å². The molecule has 0 aromatic carbocycles. The van der Waals surface area contributed by atoms with Crippen molar-refractivity contribution in [1.29, 1.82) is 0 Å². The Morgan fingerprint density at radius 2 is 2.35 bits per heavy atom. The number of furan rings is 1. The lowest BCUT2D eigenvalue weighted by molar-refractivity contribution is 0.206. The van der Waals surface area contributed by atoms with E-state index in [1.165, 1.54) is 25.7 Å². The number of nitrogens with one attached hydrogen (secondary N) is 1. The zero-order valence-corrected chi connectivity index (χ0v) is 12.3. The van der Waals surface area contributed by atoms with E-state index < -0.39 is 0 Å². The molecule has 0 saturated heterocycles. The highest BCUT2D eigenvalue weighted by Gasteiger charge is 2.30. The minimum absolute atomic E-state index is 0.368. The van der Waals surface area contributed by atoms with E-state index >= 15 is 0 Å². The number of hydrogen-bond acceptors (Lipinski definition) is 2. The molecule has 0 aliphatic heterocycles. The van der Waals surface area contributed by atoms with Crippen LogP contribution in [0.3, 0.4) is 0 Å². The topological polar surface area (TPSA) is 25.2 Å². The van der Waals surface area contributed by atoms with E-state index in [2.05, 4.69) is 35.1 Å². The van der Waals surface area contributed by atoms with Crippen molar-refractivity contribution in [3.05, 3.63) is 22.6 Å². The van der Waals surface area contributed by atoms with Crippen LogP contribution >= 0.6 is 15.9 Å². The quantitative estimate of drug-likeness (QED) is 0.884. The molecule has 1 aromatic rings. The maximum atomic E-state index is 5.66. The molecule has 1 fully saturated rings. The van der Waals surface area contributed by atoms with Crippen LogP contribution in [-0.2, 0) is 0 Å². The summed E-state index contributed by atoms with van der Waals surface area (Å²) in [6, 6.07) is 2.36. The van der Waals surface area contributed by atoms with Crippen LogP contribution in [0.4, 0.5) is 0 Å². The molecule has 1 heterocycles. The SMILES string of the molecule is CCNC(c1occc1Br)C1CCCC(C)C1. The van der Waals surface area contributed by atoms with Gasteiger partial charge in [-0.15, -0.1) is 0 Å². The van der Waals surface area contributed by atoms with Gasteiger partial charge < -0.3 is 9.73 Å². The predicted molar refractivity (Wildman–Crippen MR) is 73.9 cm³/mol. The summed E-state index contributed by atoms with van der Waals surface area (Å²) < 4.78 is 6.76. The summed E-state index contributed by atoms with van der Waals surface area (Å²) in [5.74, 6) is 2.63. The Balaban J connectivity index is 2.14. The molecule has 0 amide bonds. The zero-order valence-electron chi connectivity index (χ0n) is 10.7. The van der Waals surface area contributed by atoms with Gasteiger partial charge in [0.15, 0.2) is 0 Å². The fourth-order valence-electron chi connectivity index (χ4n) is 3.00. The van der Waals surface area contributed by atoms with Crippen molar-refractivity contribution in [2.24, 2.45) is 11.8 Å². The van der Waals surface area contributed by atoms with Gasteiger partial charge in [-0.05, 0) is 53.2 Å². The second kappa shape index (κ2) is 6.05. The smallest absolute Gasteiger partial charge is 0.135 e. The third kappa shape index (κ3) is 3.14. The van der Waals surface area contributed by atoms with E-state index in [-0.39, 0.29) is 0 Å². The fraction of sp³-hybridized carbons (Fsp3) is 0.714. The molecule has 3 atom stereocenters. The van der Waals surface area contributed by atoms with Crippen LogP contribution in [0.15, 0.2) is 21.2 Å². The lowest BCUT2D eigenvalue weighted by atomic mass is 9.78. The molecule has 1 N–H and O–H groups in total. The summed E-state index contributed by atoms with van der Waals surface area (Å²) in [5, 5.41) is 3.59. The summed E-state index contributed by atoms with van der Waals surface area (Å²) in [5.41, 5.74) is 0. The first-order valence-electron chi connectivity index (χ1n) is 6.68. The van der Waals surface area contributed by atoms with Crippen LogP contribution in [0.2, 0.25) is 0 Å². The minimum atomic E-state index is 0.368. The molecule has 1 aliphatic rings. The fourth-order valence-corrected chi connectivity index (χ4v) is 3.45. The van der Waals surface area contributed by atoms with Crippen LogP contribution in [0, 0.1) is 11.8 Å². The van der Waals surface area contributed by atoms with Crippen molar-refractivity contribution in [1.82, 2.24) is 5.32 Å². The molecular formula is C14H22BrNO. The monoisotopic (exact) mass is 299 g/mol. The van der Waals surface area contributed by atoms with Gasteiger partial charge in [0.05, 0.1) is 16.8 Å². The van der Waals surface area contributed by atoms with Crippen LogP contribution in [-0.4, -0.2) is 6.54 Å². The first-order valence-corrected chi connectivity index (χ1v) is 7.48. The molecule has 1 saturated carbocycles. The van der Waals surface area contributed by atoms with Crippen molar-refractivity contribution in [2.75, 3.05) is 6.54 Å². The highest BCUT2D eigenvalue weighted by molar-refractivity contribution is 9.10. The van der Waals surface area contributed by atoms with Crippen LogP contribution in [0.1, 0.15) is 51.3 Å². The van der Waals surface area contributed by atoms with E-state index in [1.807, 2.05) is 6.07 Å². The van der Waals surface area contributed by atoms with Crippen molar-refractivity contribution in [2.45, 2.75) is 45.6 Å². The molecular weight excluding hydrogens is 278 g/mol. The summed E-state index contributed by atoms with van der Waals surface area (Å²) in [7, 11) is 0. The molecule has 96 valence electrons. The lowest BCUT2D eigenvalue weighted by Crippen LogP contribution is -2.31. The third-order valence-electron chi connectivity index (χ3n) is 3.80. The van der Waals surface area contributed by atoms with E-state index in [4.69, 9.17) is 4.42 Å². The first kappa shape index (κ1) is 13.2. The summed E-state index contributed by atoms with van der Waals surface area (Å²) in [6.07, 6.45) is 7.14. The second-order valence-corrected chi connectivity index (χ2v) is 6.05. The Hall–Kier alpha value is -0.280. The average molecular weight is 300 g/mol. The van der Waals surface area contributed by atoms with Crippen molar-refractivity contribution < 1.29 is 4.42 Å². The molecule has 0 radical (unpaired) electrons. The van der Waals surface area contributed by atoms with Gasteiger partial charge in [-0.25, -0.2) is 0 Å². The standard InChI is InChI=1S/C14H22BrNO/c1-3-16-13(14-12(15)7-8-17-14)11-6-4-5-10(2)9-11/h7-8,10-11,13,16H,3-6,9H2,1-2H3. The van der Waals surface area contributed by atoms with Crippen LogP contribution < -0.4 is 5.32 Å². The Morgan fingerprint density at radius 3 is 2.94 bits per heavy atom. The summed E-state index contributed by atoms with van der Waals surface area (Å²) in [6.45, 7) is 5.52. The lowest BCUT2D eigenvalue weighted by Gasteiger charge is -2.32. The maximum Gasteiger partial charge on any atom is 0.135 e. The Labute approximate surface area is 112 Å². The van der Waals surface area contributed by atoms with Gasteiger partial charge in [-0.2, -0.15) is 0 Å². The van der Waals surface area contributed by atoms with Crippen molar-refractivity contribution in [3.8, 4) is 0 Å². The molecule has 1 aliphatic carbocycles. The summed E-state index contributed by atoms with van der Waals surface area (Å²) in [4.78, 5) is 0. The largest absolute Gasteiger partial charge is 0.466 e. The molecule has 17 heavy (non-hydrogen) atoms. The predicted octanol–water partition coefficient (Wildman–Crippen LogP) is 4.52. The summed E-state index contributed by atoms with van der Waals surface area (Å²) >= 11 is 3.58. The van der Waals surface area contributed by atoms with Gasteiger partial charge in [-0.1, -0.05) is 26.7 Å². The van der Waals surface area contributed by atoms with Crippen LogP contribution in [0.5, 0.6) is 0 Å². The van der Waals surface area contributed by atoms with Gasteiger partial charge in [0.1, 0.15) is 5.76 Å². The third-order valence-corrected chi connectivity index (χ3v) is 4.45. The molecule has 0 spiro atoms. The Kier molecular flexibility index (Phi) is 4.69. The highest BCUT2D eigenvalue weighted by Crippen LogP contribution is 2.39.